The Morgan fingerprint density at radius 3 is 2.58 bits per heavy atom. The monoisotopic (exact) mass is 276 g/mol. The smallest absolute Gasteiger partial charge is 0.335 e. The van der Waals surface area contributed by atoms with Crippen molar-refractivity contribution in [3.8, 4) is 0 Å². The summed E-state index contributed by atoms with van der Waals surface area (Å²) in [5.41, 5.74) is 0.285. The van der Waals surface area contributed by atoms with Crippen LogP contribution in [-0.2, 0) is 4.79 Å². The maximum atomic E-state index is 12.5. The molecular formula is C13H19F3N2O. The Kier molecular flexibility index (Phi) is 2.69. The fraction of sp³-hybridized carbons (Fsp3) is 0.923. The molecule has 3 heterocycles. The summed E-state index contributed by atoms with van der Waals surface area (Å²) in [4.78, 5) is 14.7. The van der Waals surface area contributed by atoms with E-state index in [1.807, 2.05) is 0 Å². The Hall–Kier alpha value is -0.780. The summed E-state index contributed by atoms with van der Waals surface area (Å²) in [6, 6.07) is 0.480. The second kappa shape index (κ2) is 3.87. The minimum absolute atomic E-state index is 0.261. The molecule has 3 rings (SSSR count). The van der Waals surface area contributed by atoms with Gasteiger partial charge in [0.25, 0.3) is 0 Å². The topological polar surface area (TPSA) is 23.6 Å². The summed E-state index contributed by atoms with van der Waals surface area (Å²) >= 11 is 0. The van der Waals surface area contributed by atoms with Crippen LogP contribution < -0.4 is 0 Å². The molecule has 0 N–H and O–H groups in total. The van der Waals surface area contributed by atoms with Crippen LogP contribution in [0.3, 0.4) is 0 Å². The zero-order chi connectivity index (χ0) is 14.0. The van der Waals surface area contributed by atoms with Crippen LogP contribution in [0.25, 0.3) is 0 Å². The Bertz CT molecular complexity index is 411. The third-order valence-electron chi connectivity index (χ3n) is 5.30. The van der Waals surface area contributed by atoms with E-state index in [9.17, 15) is 18.0 Å². The molecule has 0 aromatic heterocycles. The Balaban J connectivity index is 1.70. The standard InChI is InChI=1S/C13H19F3N2O/c1-12-4-3-8-5-9(6-10(7-12)18(8)12)17(2)11(19)13(14,15)16/h8-10H,3-7H2,1-2H3/t8-,9-,10-,12?/m0/s1. The van der Waals surface area contributed by atoms with Gasteiger partial charge in [-0.3, -0.25) is 9.69 Å². The highest BCUT2D eigenvalue weighted by Crippen LogP contribution is 2.53. The molecule has 3 saturated heterocycles. The molecule has 0 aromatic carbocycles. The summed E-state index contributed by atoms with van der Waals surface area (Å²) in [5.74, 6) is -1.70. The quantitative estimate of drug-likeness (QED) is 0.733. The van der Waals surface area contributed by atoms with Crippen molar-refractivity contribution in [3.63, 3.8) is 0 Å². The third-order valence-corrected chi connectivity index (χ3v) is 5.30. The first-order valence-electron chi connectivity index (χ1n) is 6.85. The van der Waals surface area contributed by atoms with Crippen LogP contribution >= 0.6 is 0 Å². The molecule has 4 atom stereocenters. The third kappa shape index (κ3) is 1.87. The van der Waals surface area contributed by atoms with E-state index >= 15 is 0 Å². The number of nitrogens with zero attached hydrogens (tertiary/aromatic N) is 2. The van der Waals surface area contributed by atoms with Crippen LogP contribution in [0.4, 0.5) is 13.2 Å². The summed E-state index contributed by atoms with van der Waals surface area (Å²) in [7, 11) is 1.29. The van der Waals surface area contributed by atoms with Crippen molar-refractivity contribution in [3.05, 3.63) is 0 Å². The number of piperidine rings is 1. The van der Waals surface area contributed by atoms with Crippen LogP contribution in [0.2, 0.25) is 0 Å². The lowest BCUT2D eigenvalue weighted by Crippen LogP contribution is -2.68. The van der Waals surface area contributed by atoms with E-state index in [0.29, 0.717) is 24.9 Å². The minimum Gasteiger partial charge on any atom is -0.335 e. The number of hydrogen-bond acceptors (Lipinski definition) is 2. The van der Waals surface area contributed by atoms with E-state index < -0.39 is 12.1 Å². The van der Waals surface area contributed by atoms with Crippen LogP contribution in [-0.4, -0.2) is 52.6 Å². The lowest BCUT2D eigenvalue weighted by molar-refractivity contribution is -0.189. The zero-order valence-corrected chi connectivity index (χ0v) is 11.2. The van der Waals surface area contributed by atoms with Gasteiger partial charge in [0.2, 0.25) is 0 Å². The maximum Gasteiger partial charge on any atom is 0.471 e. The van der Waals surface area contributed by atoms with Gasteiger partial charge < -0.3 is 4.90 Å². The zero-order valence-electron chi connectivity index (χ0n) is 11.2. The normalized spacial score (nSPS) is 41.6. The predicted molar refractivity (Wildman–Crippen MR) is 63.5 cm³/mol. The first-order valence-corrected chi connectivity index (χ1v) is 6.85. The number of halogens is 3. The van der Waals surface area contributed by atoms with Crippen molar-refractivity contribution < 1.29 is 18.0 Å². The number of rotatable bonds is 1. The van der Waals surface area contributed by atoms with Crippen molar-refractivity contribution >= 4 is 5.91 Å². The summed E-state index contributed by atoms with van der Waals surface area (Å²) < 4.78 is 37.5. The molecule has 3 nitrogen and oxygen atoms in total. The van der Waals surface area contributed by atoms with Gasteiger partial charge in [0.1, 0.15) is 0 Å². The fourth-order valence-electron chi connectivity index (χ4n) is 4.46. The molecule has 0 saturated carbocycles. The van der Waals surface area contributed by atoms with Crippen LogP contribution in [0.5, 0.6) is 0 Å². The highest BCUT2D eigenvalue weighted by atomic mass is 19.4. The molecule has 6 heteroatoms. The first kappa shape index (κ1) is 13.2. The van der Waals surface area contributed by atoms with Crippen LogP contribution in [0, 0.1) is 0 Å². The SMILES string of the molecule is CN(C(=O)C(F)(F)F)[C@H]1C[C@@H]2CCC3(C)C[C@H](C1)N23. The molecule has 0 aromatic rings. The number of amides is 1. The van der Waals surface area contributed by atoms with Crippen LogP contribution in [0.1, 0.15) is 39.0 Å². The molecule has 0 aliphatic carbocycles. The molecule has 0 spiro atoms. The molecule has 1 unspecified atom stereocenters. The van der Waals surface area contributed by atoms with E-state index in [2.05, 4.69) is 11.8 Å². The molecule has 3 aliphatic rings. The maximum absolute atomic E-state index is 12.5. The van der Waals surface area contributed by atoms with Gasteiger partial charge in [0.15, 0.2) is 0 Å². The number of alkyl halides is 3. The van der Waals surface area contributed by atoms with Gasteiger partial charge in [-0.25, -0.2) is 0 Å². The molecule has 108 valence electrons. The Morgan fingerprint density at radius 2 is 1.95 bits per heavy atom. The number of hydrogen-bond donors (Lipinski definition) is 0. The highest BCUT2D eigenvalue weighted by molar-refractivity contribution is 5.81. The largest absolute Gasteiger partial charge is 0.471 e. The van der Waals surface area contributed by atoms with Gasteiger partial charge in [-0.05, 0) is 39.0 Å². The van der Waals surface area contributed by atoms with E-state index in [0.717, 1.165) is 24.2 Å². The molecular weight excluding hydrogens is 257 g/mol. The molecule has 0 bridgehead atoms. The molecule has 3 aliphatic heterocycles. The number of carbonyl (C=O) groups excluding carboxylic acids is 1. The van der Waals surface area contributed by atoms with Crippen molar-refractivity contribution in [2.45, 2.75) is 68.9 Å². The first-order chi connectivity index (χ1) is 8.72. The van der Waals surface area contributed by atoms with Crippen molar-refractivity contribution in [1.29, 1.82) is 0 Å². The summed E-state index contributed by atoms with van der Waals surface area (Å²) in [5, 5.41) is 0. The van der Waals surface area contributed by atoms with Gasteiger partial charge >= 0.3 is 12.1 Å². The van der Waals surface area contributed by atoms with Gasteiger partial charge in [-0.2, -0.15) is 13.2 Å². The minimum atomic E-state index is -4.75. The molecule has 0 radical (unpaired) electrons. The lowest BCUT2D eigenvalue weighted by Gasteiger charge is -2.59. The van der Waals surface area contributed by atoms with Crippen molar-refractivity contribution in [2.24, 2.45) is 0 Å². The number of carbonyl (C=O) groups is 1. The van der Waals surface area contributed by atoms with Crippen LogP contribution in [0.15, 0.2) is 0 Å². The average molecular weight is 276 g/mol. The van der Waals surface area contributed by atoms with Gasteiger partial charge in [-0.1, -0.05) is 0 Å². The Morgan fingerprint density at radius 1 is 1.32 bits per heavy atom. The molecule has 1 amide bonds. The molecule has 19 heavy (non-hydrogen) atoms. The summed E-state index contributed by atoms with van der Waals surface area (Å²) in [6.45, 7) is 2.24. The highest BCUT2D eigenvalue weighted by Gasteiger charge is 2.59. The van der Waals surface area contributed by atoms with Crippen molar-refractivity contribution in [2.75, 3.05) is 7.05 Å². The van der Waals surface area contributed by atoms with Gasteiger partial charge in [0, 0.05) is 30.7 Å². The second-order valence-electron chi connectivity index (χ2n) is 6.49. The molecule has 3 fully saturated rings. The Labute approximate surface area is 110 Å². The van der Waals surface area contributed by atoms with E-state index in [-0.39, 0.29) is 11.6 Å². The van der Waals surface area contributed by atoms with E-state index in [1.165, 1.54) is 7.05 Å². The van der Waals surface area contributed by atoms with Gasteiger partial charge in [0.05, 0.1) is 0 Å². The predicted octanol–water partition coefficient (Wildman–Crippen LogP) is 2.16. The van der Waals surface area contributed by atoms with Crippen molar-refractivity contribution in [1.82, 2.24) is 9.80 Å². The lowest BCUT2D eigenvalue weighted by atomic mass is 9.75. The van der Waals surface area contributed by atoms with E-state index in [1.54, 1.807) is 0 Å². The fourth-order valence-corrected chi connectivity index (χ4v) is 4.46. The second-order valence-corrected chi connectivity index (χ2v) is 6.49. The van der Waals surface area contributed by atoms with E-state index in [4.69, 9.17) is 0 Å². The van der Waals surface area contributed by atoms with Gasteiger partial charge in [-0.15, -0.1) is 0 Å². The average Bonchev–Trinajstić information content (AvgIpc) is 2.59. The summed E-state index contributed by atoms with van der Waals surface area (Å²) in [6.07, 6.45) is -0.131.